The molecule has 0 fully saturated rings. The number of hydrogen-bond acceptors (Lipinski definition) is 12. The van der Waals surface area contributed by atoms with E-state index in [0.717, 1.165) is 0 Å². The summed E-state index contributed by atoms with van der Waals surface area (Å²) in [5, 5.41) is 103. The van der Waals surface area contributed by atoms with Gasteiger partial charge in [0.25, 0.3) is 35.7 Å². The summed E-state index contributed by atoms with van der Waals surface area (Å²) < 4.78 is 0. The number of aliphatic hydroxyl groups is 12. The number of rotatable bonds is 0. The molecule has 0 heterocycles. The van der Waals surface area contributed by atoms with Crippen LogP contribution in [-0.4, -0.2) is 61.3 Å². The van der Waals surface area contributed by atoms with Crippen molar-refractivity contribution in [2.75, 3.05) is 0 Å². The first-order valence-electron chi connectivity index (χ1n) is 5.68. The van der Waals surface area contributed by atoms with Crippen molar-refractivity contribution in [1.82, 2.24) is 0 Å². The smallest absolute Gasteiger partial charge is 0.283 e. The Morgan fingerprint density at radius 3 is 0.375 bits per heavy atom. The summed E-state index contributed by atoms with van der Waals surface area (Å²) in [4.78, 5) is 0. The van der Waals surface area contributed by atoms with E-state index in [9.17, 15) is 61.3 Å². The lowest BCUT2D eigenvalue weighted by Gasteiger charge is -2.03. The monoisotopic (exact) mass is 348 g/mol. The van der Waals surface area contributed by atoms with Crippen molar-refractivity contribution in [2.24, 2.45) is 0 Å². The van der Waals surface area contributed by atoms with Crippen LogP contribution in [0.3, 0.4) is 0 Å². The predicted octanol–water partition coefficient (Wildman–Crippen LogP) is -3.22. The molecular formula is C12H12O12. The Balaban J connectivity index is 5.31. The molecule has 0 spiro atoms. The van der Waals surface area contributed by atoms with Gasteiger partial charge in [0, 0.05) is 0 Å². The average Bonchev–Trinajstić information content (AvgIpc) is 2.42. The van der Waals surface area contributed by atoms with E-state index in [1.54, 1.807) is 0 Å². The number of benzene rings is 1. The van der Waals surface area contributed by atoms with Gasteiger partial charge >= 0.3 is 0 Å². The second-order valence-corrected chi connectivity index (χ2v) is 4.19. The highest BCUT2D eigenvalue weighted by Crippen LogP contribution is 1.78. The van der Waals surface area contributed by atoms with E-state index < -0.39 is 67.0 Å². The van der Waals surface area contributed by atoms with Gasteiger partial charge in [-0.1, -0.05) is 0 Å². The fourth-order valence-electron chi connectivity index (χ4n) is 2.09. The minimum Gasteiger partial charge on any atom is -0.481 e. The molecule has 0 aliphatic rings. The van der Waals surface area contributed by atoms with Gasteiger partial charge in [0.2, 0.25) is 0 Å². The summed E-state index contributed by atoms with van der Waals surface area (Å²) in [6, 6.07) is 0. The minimum atomic E-state index is -1.85. The zero-order valence-corrected chi connectivity index (χ0v) is 11.4. The molecule has 0 aliphatic heterocycles. The highest BCUT2D eigenvalue weighted by molar-refractivity contribution is 5.47. The molecular weight excluding hydrogens is 336 g/mol. The third-order valence-electron chi connectivity index (χ3n) is 2.84. The third-order valence-corrected chi connectivity index (χ3v) is 2.84. The molecule has 12 N–H and O–H groups in total. The molecule has 0 aliphatic carbocycles. The largest absolute Gasteiger partial charge is 0.481 e. The summed E-state index contributed by atoms with van der Waals surface area (Å²) >= 11 is 0. The van der Waals surface area contributed by atoms with Gasteiger partial charge in [-0.15, -0.1) is 0 Å². The van der Waals surface area contributed by atoms with Gasteiger partial charge in [-0.2, -0.15) is 0 Å². The zero-order chi connectivity index (χ0) is 18.9. The van der Waals surface area contributed by atoms with Gasteiger partial charge in [-0.3, -0.25) is 0 Å². The second-order valence-electron chi connectivity index (χ2n) is 4.19. The van der Waals surface area contributed by atoms with Crippen LogP contribution in [0.4, 0.5) is 0 Å². The van der Waals surface area contributed by atoms with Crippen LogP contribution in [0.2, 0.25) is 0 Å². The lowest BCUT2D eigenvalue weighted by molar-refractivity contribution is 0.272. The van der Waals surface area contributed by atoms with Crippen molar-refractivity contribution in [3.05, 3.63) is 31.3 Å². The van der Waals surface area contributed by atoms with Crippen LogP contribution >= 0.6 is 0 Å². The van der Waals surface area contributed by atoms with Gasteiger partial charge in [0.15, 0.2) is 0 Å². The van der Waals surface area contributed by atoms with Crippen molar-refractivity contribution < 1.29 is 61.3 Å². The van der Waals surface area contributed by atoms with Gasteiger partial charge < -0.3 is 61.3 Å². The molecule has 1 aromatic carbocycles. The maximum absolute atomic E-state index is 9.25. The van der Waals surface area contributed by atoms with Gasteiger partial charge in [-0.25, -0.2) is 0 Å². The molecule has 1 rings (SSSR count). The van der Waals surface area contributed by atoms with E-state index in [-0.39, 0.29) is 0 Å². The number of hydrogen-bond donors (Lipinski definition) is 12. The van der Waals surface area contributed by atoms with Crippen LogP contribution < -0.4 is 31.3 Å². The van der Waals surface area contributed by atoms with Crippen LogP contribution in [0.25, 0.3) is 35.7 Å². The maximum Gasteiger partial charge on any atom is 0.283 e. The highest BCUT2D eigenvalue weighted by atomic mass is 16.5. The molecule has 0 bridgehead atoms. The summed E-state index contributed by atoms with van der Waals surface area (Å²) in [6.07, 6.45) is 0. The Hall–Kier alpha value is -3.96. The van der Waals surface area contributed by atoms with Crippen molar-refractivity contribution in [3.63, 3.8) is 0 Å². The molecule has 0 aromatic heterocycles. The molecule has 24 heavy (non-hydrogen) atoms. The first-order valence-corrected chi connectivity index (χ1v) is 5.68. The fourth-order valence-corrected chi connectivity index (χ4v) is 2.09. The molecule has 0 unspecified atom stereocenters. The van der Waals surface area contributed by atoms with E-state index in [0.29, 0.717) is 0 Å². The summed E-state index contributed by atoms with van der Waals surface area (Å²) in [6.45, 7) is 0. The molecule has 0 amide bonds. The first kappa shape index (κ1) is 18.1. The molecule has 132 valence electrons. The lowest BCUT2D eigenvalue weighted by atomic mass is 10.1. The molecule has 12 heteroatoms. The van der Waals surface area contributed by atoms with Crippen LogP contribution in [-0.2, 0) is 0 Å². The van der Waals surface area contributed by atoms with Crippen molar-refractivity contribution >= 4 is 35.7 Å². The Labute approximate surface area is 129 Å². The van der Waals surface area contributed by atoms with Crippen molar-refractivity contribution in [2.45, 2.75) is 0 Å². The fraction of sp³-hybridized carbons (Fsp3) is 0. The molecule has 1 aromatic rings. The Kier molecular flexibility index (Phi) is 4.55. The third kappa shape index (κ3) is 2.70. The van der Waals surface area contributed by atoms with E-state index in [1.807, 2.05) is 0 Å². The Morgan fingerprint density at radius 2 is 0.333 bits per heavy atom. The van der Waals surface area contributed by atoms with Gasteiger partial charge in [0.1, 0.15) is 0 Å². The highest BCUT2D eigenvalue weighted by Gasteiger charge is 2.18. The topological polar surface area (TPSA) is 243 Å². The molecule has 0 saturated carbocycles. The summed E-state index contributed by atoms with van der Waals surface area (Å²) in [5.74, 6) is -11.1. The van der Waals surface area contributed by atoms with Gasteiger partial charge in [0.05, 0.1) is 31.3 Å². The predicted molar refractivity (Wildman–Crippen MR) is 76.2 cm³/mol. The second kappa shape index (κ2) is 6.04. The van der Waals surface area contributed by atoms with Crippen LogP contribution in [0.1, 0.15) is 0 Å². The van der Waals surface area contributed by atoms with Gasteiger partial charge in [-0.05, 0) is 0 Å². The summed E-state index contributed by atoms with van der Waals surface area (Å²) in [5.41, 5.74) is 0. The lowest BCUT2D eigenvalue weighted by Crippen LogP contribution is -2.69. The minimum absolute atomic E-state index is 1.31. The molecule has 0 atom stereocenters. The van der Waals surface area contributed by atoms with Crippen LogP contribution in [0.5, 0.6) is 0 Å². The molecule has 0 saturated heterocycles. The SMILES string of the molecule is OC(O)=c1c(=C(O)O)c(=C(O)O)c(=C(O)O)c(=C(O)O)c1=C(O)O. The zero-order valence-electron chi connectivity index (χ0n) is 11.4. The van der Waals surface area contributed by atoms with Crippen LogP contribution in [0.15, 0.2) is 0 Å². The van der Waals surface area contributed by atoms with E-state index in [4.69, 9.17) is 0 Å². The Morgan fingerprint density at radius 1 is 0.250 bits per heavy atom. The normalized spacial score (nSPS) is 10.0. The quantitative estimate of drug-likeness (QED) is 0.221. The maximum atomic E-state index is 9.25. The van der Waals surface area contributed by atoms with E-state index >= 15 is 0 Å². The first-order chi connectivity index (χ1) is 10.9. The van der Waals surface area contributed by atoms with Crippen LogP contribution in [0, 0.1) is 0 Å². The Bertz CT molecular complexity index is 776. The standard InChI is InChI=1S/C12H12O12/c13-7(14)1-2(8(15)16)4(10(19)20)6(12(23)24)5(11(21)22)3(1)9(17)18/h13-24H. The van der Waals surface area contributed by atoms with Crippen molar-refractivity contribution in [1.29, 1.82) is 0 Å². The number of aliphatic hydroxyl groups excluding tert-OH is 6. The average molecular weight is 348 g/mol. The van der Waals surface area contributed by atoms with E-state index in [2.05, 4.69) is 0 Å². The molecule has 12 nitrogen and oxygen atoms in total. The van der Waals surface area contributed by atoms with E-state index in [1.165, 1.54) is 0 Å². The van der Waals surface area contributed by atoms with Crippen molar-refractivity contribution in [3.8, 4) is 0 Å². The molecule has 0 radical (unpaired) electrons. The summed E-state index contributed by atoms with van der Waals surface area (Å²) in [7, 11) is 0.